The molecule has 1 aromatic rings. The summed E-state index contributed by atoms with van der Waals surface area (Å²) in [6.07, 6.45) is 8.04. The van der Waals surface area contributed by atoms with Crippen molar-refractivity contribution in [3.05, 3.63) is 42.2 Å². The standard InChI is InChI=1S/C18H23N3O/c22-18(14-5-1-2-6-14)21-11-15-9-20(10-16(15)12-21)13-17-7-3-4-8-19-17/h1-4,7-8,14-16H,5-6,9-13H2/t15-,16+. The topological polar surface area (TPSA) is 36.4 Å². The van der Waals surface area contributed by atoms with Crippen LogP contribution in [0.4, 0.5) is 0 Å². The zero-order chi connectivity index (χ0) is 14.9. The fraction of sp³-hybridized carbons (Fsp3) is 0.556. The number of carbonyl (C=O) groups excluding carboxylic acids is 1. The summed E-state index contributed by atoms with van der Waals surface area (Å²) in [7, 11) is 0. The molecule has 0 N–H and O–H groups in total. The number of carbonyl (C=O) groups is 1. The van der Waals surface area contributed by atoms with Crippen LogP contribution in [0.5, 0.6) is 0 Å². The number of amides is 1. The van der Waals surface area contributed by atoms with E-state index in [0.717, 1.165) is 51.3 Å². The van der Waals surface area contributed by atoms with E-state index in [4.69, 9.17) is 0 Å². The number of nitrogens with zero attached hydrogens (tertiary/aromatic N) is 3. The highest BCUT2D eigenvalue weighted by Gasteiger charge is 2.42. The maximum absolute atomic E-state index is 12.5. The third-order valence-electron chi connectivity index (χ3n) is 5.34. The molecule has 3 heterocycles. The molecule has 0 saturated carbocycles. The van der Waals surface area contributed by atoms with E-state index in [0.29, 0.717) is 17.7 Å². The van der Waals surface area contributed by atoms with Crippen molar-refractivity contribution in [2.45, 2.75) is 19.4 Å². The highest BCUT2D eigenvalue weighted by Crippen LogP contribution is 2.33. The lowest BCUT2D eigenvalue weighted by atomic mass is 10.0. The van der Waals surface area contributed by atoms with E-state index in [2.05, 4.69) is 39.1 Å². The van der Waals surface area contributed by atoms with Gasteiger partial charge in [0.25, 0.3) is 0 Å². The first-order valence-electron chi connectivity index (χ1n) is 8.35. The summed E-state index contributed by atoms with van der Waals surface area (Å²) in [5.74, 6) is 1.92. The Labute approximate surface area is 131 Å². The fourth-order valence-electron chi connectivity index (χ4n) is 4.20. The first-order chi connectivity index (χ1) is 10.8. The molecule has 0 radical (unpaired) electrons. The largest absolute Gasteiger partial charge is 0.342 e. The third kappa shape index (κ3) is 2.68. The van der Waals surface area contributed by atoms with E-state index in [9.17, 15) is 4.79 Å². The summed E-state index contributed by atoms with van der Waals surface area (Å²) < 4.78 is 0. The van der Waals surface area contributed by atoms with Crippen LogP contribution in [0.15, 0.2) is 36.5 Å². The van der Waals surface area contributed by atoms with Crippen LogP contribution in [0.3, 0.4) is 0 Å². The summed E-state index contributed by atoms with van der Waals surface area (Å²) >= 11 is 0. The van der Waals surface area contributed by atoms with E-state index < -0.39 is 0 Å². The quantitative estimate of drug-likeness (QED) is 0.800. The number of fused-ring (bicyclic) bond motifs is 1. The Morgan fingerprint density at radius 2 is 1.82 bits per heavy atom. The Hall–Kier alpha value is -1.68. The Morgan fingerprint density at radius 3 is 2.45 bits per heavy atom. The molecular weight excluding hydrogens is 274 g/mol. The predicted molar refractivity (Wildman–Crippen MR) is 84.9 cm³/mol. The fourth-order valence-corrected chi connectivity index (χ4v) is 4.20. The highest BCUT2D eigenvalue weighted by molar-refractivity contribution is 5.80. The van der Waals surface area contributed by atoms with Gasteiger partial charge in [-0.05, 0) is 36.8 Å². The van der Waals surface area contributed by atoms with Crippen LogP contribution in [0.25, 0.3) is 0 Å². The molecule has 0 aromatic carbocycles. The van der Waals surface area contributed by atoms with Gasteiger partial charge in [-0.1, -0.05) is 18.2 Å². The molecule has 1 aliphatic carbocycles. The molecule has 0 unspecified atom stereocenters. The molecule has 2 atom stereocenters. The van der Waals surface area contributed by atoms with Crippen molar-refractivity contribution in [1.29, 1.82) is 0 Å². The van der Waals surface area contributed by atoms with Crippen molar-refractivity contribution < 1.29 is 4.79 Å². The molecule has 3 aliphatic rings. The van der Waals surface area contributed by atoms with Gasteiger partial charge in [-0.25, -0.2) is 0 Å². The van der Waals surface area contributed by atoms with Crippen molar-refractivity contribution >= 4 is 5.91 Å². The molecule has 116 valence electrons. The lowest BCUT2D eigenvalue weighted by molar-refractivity contribution is -0.134. The molecule has 1 aromatic heterocycles. The molecule has 0 spiro atoms. The minimum atomic E-state index is 0.225. The van der Waals surface area contributed by atoms with Crippen LogP contribution >= 0.6 is 0 Å². The molecule has 2 saturated heterocycles. The van der Waals surface area contributed by atoms with Crippen molar-refractivity contribution in [1.82, 2.24) is 14.8 Å². The SMILES string of the molecule is O=C(C1CC=CC1)N1C[C@H]2CN(Cc3ccccn3)C[C@H]2C1. The van der Waals surface area contributed by atoms with Gasteiger partial charge in [-0.15, -0.1) is 0 Å². The predicted octanol–water partition coefficient (Wildman–Crippen LogP) is 1.94. The summed E-state index contributed by atoms with van der Waals surface area (Å²) in [5.41, 5.74) is 1.15. The molecule has 4 heteroatoms. The second-order valence-electron chi connectivity index (χ2n) is 6.92. The molecule has 1 amide bonds. The van der Waals surface area contributed by atoms with E-state index in [1.807, 2.05) is 12.3 Å². The molecule has 22 heavy (non-hydrogen) atoms. The van der Waals surface area contributed by atoms with E-state index >= 15 is 0 Å². The van der Waals surface area contributed by atoms with Crippen molar-refractivity contribution in [2.24, 2.45) is 17.8 Å². The average Bonchev–Trinajstić information content (AvgIpc) is 3.23. The Morgan fingerprint density at radius 1 is 1.09 bits per heavy atom. The van der Waals surface area contributed by atoms with Crippen LogP contribution in [0.1, 0.15) is 18.5 Å². The number of aromatic nitrogens is 1. The second kappa shape index (κ2) is 5.84. The zero-order valence-corrected chi connectivity index (χ0v) is 12.9. The maximum atomic E-state index is 12.5. The smallest absolute Gasteiger partial charge is 0.226 e. The Kier molecular flexibility index (Phi) is 3.70. The molecule has 2 fully saturated rings. The minimum Gasteiger partial charge on any atom is -0.342 e. The van der Waals surface area contributed by atoms with Gasteiger partial charge in [0.1, 0.15) is 0 Å². The number of rotatable bonds is 3. The normalized spacial score (nSPS) is 28.5. The Balaban J connectivity index is 1.32. The molecule has 4 nitrogen and oxygen atoms in total. The van der Waals surface area contributed by atoms with Crippen molar-refractivity contribution in [3.8, 4) is 0 Å². The van der Waals surface area contributed by atoms with Crippen LogP contribution in [-0.2, 0) is 11.3 Å². The second-order valence-corrected chi connectivity index (χ2v) is 6.92. The van der Waals surface area contributed by atoms with E-state index in [-0.39, 0.29) is 5.92 Å². The first kappa shape index (κ1) is 13.9. The molecule has 2 aliphatic heterocycles. The summed E-state index contributed by atoms with van der Waals surface area (Å²) in [6, 6.07) is 6.11. The van der Waals surface area contributed by atoms with Gasteiger partial charge >= 0.3 is 0 Å². The minimum absolute atomic E-state index is 0.225. The average molecular weight is 297 g/mol. The van der Waals surface area contributed by atoms with Gasteiger partial charge < -0.3 is 4.90 Å². The monoisotopic (exact) mass is 297 g/mol. The van der Waals surface area contributed by atoms with Crippen LogP contribution in [0, 0.1) is 17.8 Å². The number of hydrogen-bond donors (Lipinski definition) is 0. The van der Waals surface area contributed by atoms with Crippen molar-refractivity contribution in [2.75, 3.05) is 26.2 Å². The zero-order valence-electron chi connectivity index (χ0n) is 12.9. The number of likely N-dealkylation sites (tertiary alicyclic amines) is 2. The van der Waals surface area contributed by atoms with Crippen LogP contribution in [-0.4, -0.2) is 46.9 Å². The number of allylic oxidation sites excluding steroid dienone is 2. The van der Waals surface area contributed by atoms with Gasteiger partial charge in [-0.2, -0.15) is 0 Å². The summed E-state index contributed by atoms with van der Waals surface area (Å²) in [6.45, 7) is 5.06. The van der Waals surface area contributed by atoms with Gasteiger partial charge in [0, 0.05) is 44.8 Å². The van der Waals surface area contributed by atoms with E-state index in [1.165, 1.54) is 0 Å². The molecule has 4 rings (SSSR count). The van der Waals surface area contributed by atoms with Crippen molar-refractivity contribution in [3.63, 3.8) is 0 Å². The number of pyridine rings is 1. The summed E-state index contributed by atoms with van der Waals surface area (Å²) in [5, 5.41) is 0. The molecular formula is C18H23N3O. The third-order valence-corrected chi connectivity index (χ3v) is 5.34. The van der Waals surface area contributed by atoms with E-state index in [1.54, 1.807) is 0 Å². The van der Waals surface area contributed by atoms with Gasteiger partial charge in [-0.3, -0.25) is 14.7 Å². The lowest BCUT2D eigenvalue weighted by Crippen LogP contribution is -2.36. The maximum Gasteiger partial charge on any atom is 0.226 e. The first-order valence-corrected chi connectivity index (χ1v) is 8.35. The van der Waals surface area contributed by atoms with Gasteiger partial charge in [0.15, 0.2) is 0 Å². The van der Waals surface area contributed by atoms with Gasteiger partial charge in [0.2, 0.25) is 5.91 Å². The van der Waals surface area contributed by atoms with Crippen LogP contribution < -0.4 is 0 Å². The van der Waals surface area contributed by atoms with Crippen LogP contribution in [0.2, 0.25) is 0 Å². The van der Waals surface area contributed by atoms with Gasteiger partial charge in [0.05, 0.1) is 5.69 Å². The lowest BCUT2D eigenvalue weighted by Gasteiger charge is -2.23. The molecule has 0 bridgehead atoms. The highest BCUT2D eigenvalue weighted by atomic mass is 16.2. The summed E-state index contributed by atoms with van der Waals surface area (Å²) in [4.78, 5) is 21.6. The Bertz CT molecular complexity index is 549. The number of hydrogen-bond acceptors (Lipinski definition) is 3.